The summed E-state index contributed by atoms with van der Waals surface area (Å²) in [5, 5.41) is 2.84. The van der Waals surface area contributed by atoms with E-state index in [9.17, 15) is 4.79 Å². The lowest BCUT2D eigenvalue weighted by atomic mass is 10.1. The number of hydrogen-bond donors (Lipinski definition) is 2. The van der Waals surface area contributed by atoms with Crippen molar-refractivity contribution in [3.05, 3.63) is 18.2 Å². The molecule has 1 unspecified atom stereocenters. The van der Waals surface area contributed by atoms with Crippen LogP contribution in [0.3, 0.4) is 0 Å². The topological polar surface area (TPSA) is 67.6 Å². The molecule has 112 valence electrons. The number of carbonyl (C=O) groups is 1. The Labute approximate surface area is 121 Å². The van der Waals surface area contributed by atoms with Crippen LogP contribution in [0.15, 0.2) is 18.2 Å². The second kappa shape index (κ2) is 7.14. The number of amides is 1. The third-order valence-electron chi connectivity index (χ3n) is 3.55. The summed E-state index contributed by atoms with van der Waals surface area (Å²) in [6.07, 6.45) is 0. The van der Waals surface area contributed by atoms with E-state index in [0.717, 1.165) is 0 Å². The average Bonchev–Trinajstić information content (AvgIpc) is 2.37. The summed E-state index contributed by atoms with van der Waals surface area (Å²) in [7, 11) is 3.51. The molecule has 0 fully saturated rings. The number of anilines is 2. The number of methoxy groups -OCH3 is 1. The standard InChI is InChI=1S/C15H25N3O2/c1-10(2)11(3)18(4)9-15(19)17-13-8-12(16)6-7-14(13)20-5/h6-8,10-11H,9,16H2,1-5H3,(H,17,19). The average molecular weight is 279 g/mol. The van der Waals surface area contributed by atoms with E-state index in [4.69, 9.17) is 10.5 Å². The lowest BCUT2D eigenvalue weighted by Crippen LogP contribution is -2.39. The Morgan fingerprint density at radius 1 is 1.40 bits per heavy atom. The first-order chi connectivity index (χ1) is 9.35. The quantitative estimate of drug-likeness (QED) is 0.783. The van der Waals surface area contributed by atoms with Crippen molar-refractivity contribution in [1.82, 2.24) is 4.90 Å². The molecule has 20 heavy (non-hydrogen) atoms. The highest BCUT2D eigenvalue weighted by molar-refractivity contribution is 5.94. The van der Waals surface area contributed by atoms with Gasteiger partial charge in [0.1, 0.15) is 5.75 Å². The summed E-state index contributed by atoms with van der Waals surface area (Å²) < 4.78 is 5.21. The maximum Gasteiger partial charge on any atom is 0.238 e. The van der Waals surface area contributed by atoms with Crippen LogP contribution < -0.4 is 15.8 Å². The van der Waals surface area contributed by atoms with Crippen LogP contribution in [-0.4, -0.2) is 37.6 Å². The van der Waals surface area contributed by atoms with Crippen LogP contribution in [0.4, 0.5) is 11.4 Å². The van der Waals surface area contributed by atoms with Gasteiger partial charge in [-0.1, -0.05) is 13.8 Å². The molecule has 0 heterocycles. The molecule has 5 heteroatoms. The van der Waals surface area contributed by atoms with E-state index in [1.165, 1.54) is 0 Å². The zero-order valence-corrected chi connectivity index (χ0v) is 12.9. The van der Waals surface area contributed by atoms with Crippen molar-refractivity contribution < 1.29 is 9.53 Å². The minimum Gasteiger partial charge on any atom is -0.495 e. The largest absolute Gasteiger partial charge is 0.495 e. The molecule has 0 saturated heterocycles. The van der Waals surface area contributed by atoms with E-state index in [1.54, 1.807) is 25.3 Å². The number of hydrogen-bond acceptors (Lipinski definition) is 4. The van der Waals surface area contributed by atoms with Crippen LogP contribution in [0, 0.1) is 5.92 Å². The number of carbonyl (C=O) groups excluding carboxylic acids is 1. The van der Waals surface area contributed by atoms with Crippen LogP contribution in [0.25, 0.3) is 0 Å². The van der Waals surface area contributed by atoms with Gasteiger partial charge < -0.3 is 15.8 Å². The summed E-state index contributed by atoms with van der Waals surface area (Å²) >= 11 is 0. The van der Waals surface area contributed by atoms with Gasteiger partial charge in [-0.25, -0.2) is 0 Å². The second-order valence-corrected chi connectivity index (χ2v) is 5.41. The lowest BCUT2D eigenvalue weighted by Gasteiger charge is -2.27. The molecule has 0 aliphatic heterocycles. The van der Waals surface area contributed by atoms with E-state index in [2.05, 4.69) is 26.1 Å². The Bertz CT molecular complexity index is 460. The summed E-state index contributed by atoms with van der Waals surface area (Å²) in [5.41, 5.74) is 6.92. The van der Waals surface area contributed by atoms with Crippen molar-refractivity contribution in [2.24, 2.45) is 5.92 Å². The van der Waals surface area contributed by atoms with Gasteiger partial charge in [0, 0.05) is 11.7 Å². The van der Waals surface area contributed by atoms with Gasteiger partial charge >= 0.3 is 0 Å². The molecule has 1 aromatic carbocycles. The number of ether oxygens (including phenoxy) is 1. The summed E-state index contributed by atoms with van der Waals surface area (Å²) in [5.74, 6) is 1.02. The first-order valence-corrected chi connectivity index (χ1v) is 6.78. The molecule has 1 amide bonds. The van der Waals surface area contributed by atoms with Crippen molar-refractivity contribution in [2.45, 2.75) is 26.8 Å². The van der Waals surface area contributed by atoms with Crippen LogP contribution in [0.2, 0.25) is 0 Å². The van der Waals surface area contributed by atoms with Crippen LogP contribution in [-0.2, 0) is 4.79 Å². The number of nitrogens with one attached hydrogen (secondary N) is 1. The minimum absolute atomic E-state index is 0.0797. The highest BCUT2D eigenvalue weighted by Gasteiger charge is 2.16. The van der Waals surface area contributed by atoms with Gasteiger partial charge in [-0.15, -0.1) is 0 Å². The predicted octanol–water partition coefficient (Wildman–Crippen LogP) is 2.19. The Kier molecular flexibility index (Phi) is 5.82. The molecule has 1 aromatic rings. The smallest absolute Gasteiger partial charge is 0.238 e. The number of nitrogen functional groups attached to an aromatic ring is 1. The lowest BCUT2D eigenvalue weighted by molar-refractivity contribution is -0.117. The van der Waals surface area contributed by atoms with Gasteiger partial charge in [-0.05, 0) is 38.1 Å². The van der Waals surface area contributed by atoms with Gasteiger partial charge in [0.25, 0.3) is 0 Å². The van der Waals surface area contributed by atoms with E-state index in [1.807, 2.05) is 11.9 Å². The van der Waals surface area contributed by atoms with E-state index >= 15 is 0 Å². The summed E-state index contributed by atoms with van der Waals surface area (Å²) in [6, 6.07) is 5.51. The van der Waals surface area contributed by atoms with Gasteiger partial charge in [-0.2, -0.15) is 0 Å². The minimum atomic E-state index is -0.0797. The molecule has 0 aromatic heterocycles. The molecular weight excluding hydrogens is 254 g/mol. The predicted molar refractivity (Wildman–Crippen MR) is 83.0 cm³/mol. The Morgan fingerprint density at radius 2 is 2.05 bits per heavy atom. The normalized spacial score (nSPS) is 12.6. The zero-order chi connectivity index (χ0) is 15.3. The molecule has 0 bridgehead atoms. The van der Waals surface area contributed by atoms with Crippen molar-refractivity contribution in [1.29, 1.82) is 0 Å². The molecule has 0 saturated carbocycles. The number of rotatable bonds is 6. The molecule has 0 spiro atoms. The van der Waals surface area contributed by atoms with E-state index in [0.29, 0.717) is 35.6 Å². The number of nitrogens with two attached hydrogens (primary N) is 1. The fourth-order valence-corrected chi connectivity index (χ4v) is 1.89. The first-order valence-electron chi connectivity index (χ1n) is 6.78. The van der Waals surface area contributed by atoms with Crippen LogP contribution in [0.1, 0.15) is 20.8 Å². The number of nitrogens with zero attached hydrogens (tertiary/aromatic N) is 1. The SMILES string of the molecule is COc1ccc(N)cc1NC(=O)CN(C)C(C)C(C)C. The summed E-state index contributed by atoms with van der Waals surface area (Å²) in [6.45, 7) is 6.72. The third kappa shape index (κ3) is 4.42. The highest BCUT2D eigenvalue weighted by Crippen LogP contribution is 2.26. The number of benzene rings is 1. The van der Waals surface area contributed by atoms with Crippen LogP contribution >= 0.6 is 0 Å². The van der Waals surface area contributed by atoms with Gasteiger partial charge in [-0.3, -0.25) is 9.69 Å². The molecule has 5 nitrogen and oxygen atoms in total. The maximum atomic E-state index is 12.1. The maximum absolute atomic E-state index is 12.1. The third-order valence-corrected chi connectivity index (χ3v) is 3.55. The molecule has 0 radical (unpaired) electrons. The van der Waals surface area contributed by atoms with Gasteiger partial charge in [0.05, 0.1) is 19.3 Å². The van der Waals surface area contributed by atoms with Crippen molar-refractivity contribution in [3.63, 3.8) is 0 Å². The van der Waals surface area contributed by atoms with Gasteiger partial charge in [0.2, 0.25) is 5.91 Å². The monoisotopic (exact) mass is 279 g/mol. The van der Waals surface area contributed by atoms with E-state index in [-0.39, 0.29) is 5.91 Å². The van der Waals surface area contributed by atoms with Crippen molar-refractivity contribution in [2.75, 3.05) is 31.8 Å². The molecule has 1 rings (SSSR count). The van der Waals surface area contributed by atoms with Crippen molar-refractivity contribution in [3.8, 4) is 5.75 Å². The highest BCUT2D eigenvalue weighted by atomic mass is 16.5. The number of likely N-dealkylation sites (N-methyl/N-ethyl adjacent to an activating group) is 1. The fourth-order valence-electron chi connectivity index (χ4n) is 1.89. The molecule has 0 aliphatic carbocycles. The summed E-state index contributed by atoms with van der Waals surface area (Å²) in [4.78, 5) is 14.1. The zero-order valence-electron chi connectivity index (χ0n) is 12.9. The van der Waals surface area contributed by atoms with Crippen molar-refractivity contribution >= 4 is 17.3 Å². The van der Waals surface area contributed by atoms with E-state index < -0.39 is 0 Å². The fraction of sp³-hybridized carbons (Fsp3) is 0.533. The first kappa shape index (κ1) is 16.3. The molecular formula is C15H25N3O2. The molecule has 1 atom stereocenters. The molecule has 3 N–H and O–H groups in total. The van der Waals surface area contributed by atoms with Crippen LogP contribution in [0.5, 0.6) is 5.75 Å². The van der Waals surface area contributed by atoms with Gasteiger partial charge in [0.15, 0.2) is 0 Å². The second-order valence-electron chi connectivity index (χ2n) is 5.41. The molecule has 0 aliphatic rings. The Balaban J connectivity index is 2.69. The Morgan fingerprint density at radius 3 is 2.60 bits per heavy atom. The Hall–Kier alpha value is -1.75.